The van der Waals surface area contributed by atoms with E-state index in [0.29, 0.717) is 43.1 Å². The molecule has 0 amide bonds. The average Bonchev–Trinajstić information content (AvgIpc) is 3.17. The van der Waals surface area contributed by atoms with Crippen LogP contribution in [-0.4, -0.2) is 97.3 Å². The molecule has 0 saturated heterocycles. The quantitative estimate of drug-likeness (QED) is 0.0180. The summed E-state index contributed by atoms with van der Waals surface area (Å²) in [6.45, 7) is 3.98. The second-order valence-electron chi connectivity index (χ2n) is 15.7. The molecule has 0 heterocycles. The van der Waals surface area contributed by atoms with E-state index in [1.54, 1.807) is 0 Å². The number of hydrogen-bond acceptors (Lipinski definition) is 9. The highest BCUT2D eigenvalue weighted by Crippen LogP contribution is 2.43. The molecule has 58 heavy (non-hydrogen) atoms. The fraction of sp³-hybridized carbons (Fsp3) is 0.696. The molecule has 0 aromatic heterocycles. The zero-order valence-corrected chi connectivity index (χ0v) is 37.6. The third kappa shape index (κ3) is 38.9. The van der Waals surface area contributed by atoms with E-state index in [9.17, 15) is 29.3 Å². The van der Waals surface area contributed by atoms with Crippen molar-refractivity contribution < 1.29 is 52.3 Å². The van der Waals surface area contributed by atoms with Gasteiger partial charge in [0.1, 0.15) is 19.8 Å². The lowest BCUT2D eigenvalue weighted by molar-refractivity contribution is -0.870. The van der Waals surface area contributed by atoms with Crippen LogP contribution in [0.2, 0.25) is 0 Å². The van der Waals surface area contributed by atoms with E-state index in [1.165, 1.54) is 12.8 Å². The van der Waals surface area contributed by atoms with Crippen molar-refractivity contribution in [1.82, 2.24) is 0 Å². The first-order valence-electron chi connectivity index (χ1n) is 21.8. The number of rotatable bonds is 38. The average molecular weight is 839 g/mol. The maximum atomic E-state index is 12.7. The number of carbonyl (C=O) groups is 2. The van der Waals surface area contributed by atoms with E-state index >= 15 is 0 Å². The van der Waals surface area contributed by atoms with Crippen LogP contribution in [-0.2, 0) is 32.7 Å². The summed E-state index contributed by atoms with van der Waals surface area (Å²) >= 11 is 0. The van der Waals surface area contributed by atoms with Crippen molar-refractivity contribution in [1.29, 1.82) is 0 Å². The molecule has 0 radical (unpaired) electrons. The Morgan fingerprint density at radius 3 is 1.79 bits per heavy atom. The smallest absolute Gasteiger partial charge is 0.462 e. The number of aliphatic hydroxyl groups is 2. The SMILES string of the molecule is CC/C=C\C/C=C\C/C=C\C/C=C\C/C=C\CCCC(=O)O[C@H](COC(=O)CCCCCCC[C@@H](O)[C@H](O)C/C=C\CCCCC)COP(=O)(O)OCC[N+](C)(C)C. The highest BCUT2D eigenvalue weighted by molar-refractivity contribution is 7.47. The molecule has 0 fully saturated rings. The van der Waals surface area contributed by atoms with Gasteiger partial charge in [0.2, 0.25) is 0 Å². The van der Waals surface area contributed by atoms with Gasteiger partial charge < -0.3 is 29.1 Å². The van der Waals surface area contributed by atoms with Gasteiger partial charge in [-0.05, 0) is 77.0 Å². The summed E-state index contributed by atoms with van der Waals surface area (Å²) in [7, 11) is 1.34. The van der Waals surface area contributed by atoms with Crippen LogP contribution in [0.1, 0.15) is 142 Å². The van der Waals surface area contributed by atoms with Crippen molar-refractivity contribution in [2.45, 2.75) is 161 Å². The maximum Gasteiger partial charge on any atom is 0.472 e. The number of likely N-dealkylation sites (N-methyl/N-ethyl adjacent to an activating group) is 1. The Hall–Kier alpha value is -2.63. The van der Waals surface area contributed by atoms with Crippen LogP contribution >= 0.6 is 7.82 Å². The molecule has 0 saturated carbocycles. The van der Waals surface area contributed by atoms with E-state index in [0.717, 1.165) is 70.6 Å². The lowest BCUT2D eigenvalue weighted by Gasteiger charge is -2.24. The summed E-state index contributed by atoms with van der Waals surface area (Å²) in [5.74, 6) is -0.987. The molecule has 0 aliphatic heterocycles. The largest absolute Gasteiger partial charge is 0.472 e. The van der Waals surface area contributed by atoms with Crippen molar-refractivity contribution in [3.63, 3.8) is 0 Å². The van der Waals surface area contributed by atoms with Gasteiger partial charge in [-0.3, -0.25) is 18.6 Å². The van der Waals surface area contributed by atoms with Crippen LogP contribution in [0.5, 0.6) is 0 Å². The molecule has 1 unspecified atom stereocenters. The van der Waals surface area contributed by atoms with Gasteiger partial charge in [0, 0.05) is 12.8 Å². The third-order valence-corrected chi connectivity index (χ3v) is 9.91. The fourth-order valence-corrected chi connectivity index (χ4v) is 6.11. The Morgan fingerprint density at radius 1 is 0.621 bits per heavy atom. The fourth-order valence-electron chi connectivity index (χ4n) is 5.36. The number of phosphoric acid groups is 1. The van der Waals surface area contributed by atoms with Gasteiger partial charge in [-0.25, -0.2) is 4.57 Å². The topological polar surface area (TPSA) is 149 Å². The monoisotopic (exact) mass is 839 g/mol. The Balaban J connectivity index is 4.60. The predicted molar refractivity (Wildman–Crippen MR) is 236 cm³/mol. The van der Waals surface area contributed by atoms with Crippen LogP contribution in [0.4, 0.5) is 0 Å². The summed E-state index contributed by atoms with van der Waals surface area (Å²) < 4.78 is 34.1. The summed E-state index contributed by atoms with van der Waals surface area (Å²) in [6, 6.07) is 0. The number of esters is 2. The van der Waals surface area contributed by atoms with Crippen molar-refractivity contribution in [3.05, 3.63) is 72.9 Å². The summed E-state index contributed by atoms with van der Waals surface area (Å²) in [4.78, 5) is 35.4. The van der Waals surface area contributed by atoms with Crippen LogP contribution in [0, 0.1) is 0 Å². The van der Waals surface area contributed by atoms with Crippen LogP contribution < -0.4 is 0 Å². The second-order valence-corrected chi connectivity index (χ2v) is 17.1. The van der Waals surface area contributed by atoms with Crippen LogP contribution in [0.3, 0.4) is 0 Å². The third-order valence-electron chi connectivity index (χ3n) is 8.92. The number of nitrogens with zero attached hydrogens (tertiary/aromatic N) is 1. The van der Waals surface area contributed by atoms with Gasteiger partial charge in [-0.15, -0.1) is 0 Å². The molecule has 0 bridgehead atoms. The summed E-state index contributed by atoms with van der Waals surface area (Å²) in [5.41, 5.74) is 0. The molecule has 0 aliphatic rings. The van der Waals surface area contributed by atoms with E-state index in [1.807, 2.05) is 33.3 Å². The van der Waals surface area contributed by atoms with Gasteiger partial charge >= 0.3 is 19.8 Å². The molecule has 0 rings (SSSR count). The molecule has 4 atom stereocenters. The van der Waals surface area contributed by atoms with Gasteiger partial charge in [0.15, 0.2) is 6.10 Å². The van der Waals surface area contributed by atoms with Crippen molar-refractivity contribution in [2.75, 3.05) is 47.5 Å². The molecule has 334 valence electrons. The standard InChI is InChI=1S/C46H80NO10P/c1-6-8-10-12-14-15-16-17-18-19-20-21-22-23-24-28-33-37-46(51)57-42(41-56-58(52,53)55-39-38-47(3,4)5)40-54-45(50)36-32-29-25-27-31-35-44(49)43(48)34-30-26-13-11-9-7-2/h8,10,14-15,17-18,20-21,23-24,26,30,42-44,48-49H,6-7,9,11-13,16,19,22,25,27-29,31-41H2,1-5H3/p+1/b10-8-,15-14-,18-17-,21-20-,24-23-,30-26-/t42-,43-,44-/m1/s1. The number of ether oxygens (including phenoxy) is 2. The molecule has 3 N–H and O–H groups in total. The Labute approximate surface area is 352 Å². The zero-order valence-electron chi connectivity index (χ0n) is 36.7. The first kappa shape index (κ1) is 55.4. The first-order valence-corrected chi connectivity index (χ1v) is 23.3. The number of quaternary nitrogens is 1. The van der Waals surface area contributed by atoms with E-state index in [4.69, 9.17) is 18.5 Å². The van der Waals surface area contributed by atoms with Gasteiger partial charge in [0.25, 0.3) is 0 Å². The lowest BCUT2D eigenvalue weighted by atomic mass is 10.0. The number of carbonyl (C=O) groups excluding carboxylic acids is 2. The Morgan fingerprint density at radius 2 is 1.17 bits per heavy atom. The van der Waals surface area contributed by atoms with E-state index in [2.05, 4.69) is 74.6 Å². The molecule has 0 aliphatic carbocycles. The molecule has 0 aromatic rings. The molecule has 0 aromatic carbocycles. The Kier molecular flexibility index (Phi) is 35.7. The van der Waals surface area contributed by atoms with Crippen molar-refractivity contribution in [3.8, 4) is 0 Å². The van der Waals surface area contributed by atoms with Gasteiger partial charge in [-0.1, -0.05) is 125 Å². The Bertz CT molecular complexity index is 1250. The molecular weight excluding hydrogens is 757 g/mol. The predicted octanol–water partition coefficient (Wildman–Crippen LogP) is 10.2. The lowest BCUT2D eigenvalue weighted by Crippen LogP contribution is -2.37. The molecule has 0 spiro atoms. The van der Waals surface area contributed by atoms with E-state index < -0.39 is 44.7 Å². The van der Waals surface area contributed by atoms with Gasteiger partial charge in [0.05, 0.1) is 40.0 Å². The van der Waals surface area contributed by atoms with Crippen LogP contribution in [0.25, 0.3) is 0 Å². The van der Waals surface area contributed by atoms with Gasteiger partial charge in [-0.2, -0.15) is 0 Å². The van der Waals surface area contributed by atoms with Crippen LogP contribution in [0.15, 0.2) is 72.9 Å². The highest BCUT2D eigenvalue weighted by Gasteiger charge is 2.27. The minimum Gasteiger partial charge on any atom is -0.462 e. The molecular formula is C46H81NO10P+. The summed E-state index contributed by atoms with van der Waals surface area (Å²) in [5, 5.41) is 20.5. The summed E-state index contributed by atoms with van der Waals surface area (Å²) in [6.07, 6.45) is 38.4. The second kappa shape index (κ2) is 37.4. The first-order chi connectivity index (χ1) is 27.8. The zero-order chi connectivity index (χ0) is 43.2. The number of hydrogen-bond donors (Lipinski definition) is 3. The maximum absolute atomic E-state index is 12.7. The van der Waals surface area contributed by atoms with Crippen molar-refractivity contribution in [2.24, 2.45) is 0 Å². The number of allylic oxidation sites excluding steroid dienone is 11. The normalized spacial score (nSPS) is 15.4. The minimum atomic E-state index is -4.43. The molecule has 11 nitrogen and oxygen atoms in total. The highest BCUT2D eigenvalue weighted by atomic mass is 31.2. The minimum absolute atomic E-state index is 0.00803. The number of phosphoric ester groups is 1. The van der Waals surface area contributed by atoms with E-state index in [-0.39, 0.29) is 26.1 Å². The number of unbranched alkanes of at least 4 members (excludes halogenated alkanes) is 8. The van der Waals surface area contributed by atoms with Crippen molar-refractivity contribution >= 4 is 19.8 Å². The number of aliphatic hydroxyl groups excluding tert-OH is 2. The molecule has 12 heteroatoms.